The van der Waals surface area contributed by atoms with Crippen molar-refractivity contribution in [2.75, 3.05) is 5.88 Å². The number of carbonyl (C=O) groups excluding carboxylic acids is 1. The van der Waals surface area contributed by atoms with E-state index >= 15 is 0 Å². The highest BCUT2D eigenvalue weighted by atomic mass is 35.5. The normalized spacial score (nSPS) is 41.0. The Morgan fingerprint density at radius 2 is 2.19 bits per heavy atom. The van der Waals surface area contributed by atoms with Gasteiger partial charge in [-0.1, -0.05) is 0 Å². The van der Waals surface area contributed by atoms with Crippen LogP contribution in [-0.4, -0.2) is 52.4 Å². The van der Waals surface area contributed by atoms with E-state index in [9.17, 15) is 14.7 Å². The van der Waals surface area contributed by atoms with Crippen molar-refractivity contribution in [1.82, 2.24) is 0 Å². The van der Waals surface area contributed by atoms with E-state index in [2.05, 4.69) is 0 Å². The van der Waals surface area contributed by atoms with Gasteiger partial charge in [-0.15, -0.1) is 11.6 Å². The molecule has 2 rings (SSSR count). The smallest absolute Gasteiger partial charge is 0.321 e. The first-order chi connectivity index (χ1) is 7.54. The second kappa shape index (κ2) is 4.20. The van der Waals surface area contributed by atoms with Crippen LogP contribution in [0.1, 0.15) is 6.42 Å². The third-order valence-electron chi connectivity index (χ3n) is 2.95. The lowest BCUT2D eigenvalue weighted by Gasteiger charge is -2.26. The second-order valence-corrected chi connectivity index (χ2v) is 4.17. The number of carboxylic acid groups (broad SMARTS) is 1. The molecule has 0 aromatic carbocycles. The zero-order valence-corrected chi connectivity index (χ0v) is 8.96. The van der Waals surface area contributed by atoms with Crippen LogP contribution in [0.15, 0.2) is 0 Å². The van der Waals surface area contributed by atoms with Gasteiger partial charge >= 0.3 is 11.9 Å². The molecule has 0 saturated carbocycles. The minimum absolute atomic E-state index is 0.247. The summed E-state index contributed by atoms with van der Waals surface area (Å²) in [6, 6.07) is 0. The molecule has 2 bridgehead atoms. The van der Waals surface area contributed by atoms with Crippen LogP contribution in [0.2, 0.25) is 0 Å². The molecule has 0 aromatic heterocycles. The van der Waals surface area contributed by atoms with E-state index in [1.807, 2.05) is 0 Å². The average molecular weight is 251 g/mol. The van der Waals surface area contributed by atoms with Gasteiger partial charge in [0.05, 0.1) is 12.0 Å². The van der Waals surface area contributed by atoms with E-state index in [-0.39, 0.29) is 12.3 Å². The Labute approximate surface area is 96.1 Å². The summed E-state index contributed by atoms with van der Waals surface area (Å²) < 4.78 is 10.2. The summed E-state index contributed by atoms with van der Waals surface area (Å²) in [6.45, 7) is 0. The first kappa shape index (κ1) is 11.6. The summed E-state index contributed by atoms with van der Waals surface area (Å²) in [7, 11) is 0. The van der Waals surface area contributed by atoms with E-state index in [4.69, 9.17) is 26.2 Å². The molecule has 7 heteroatoms. The molecule has 0 radical (unpaired) electrons. The Morgan fingerprint density at radius 1 is 1.50 bits per heavy atom. The molecule has 0 amide bonds. The van der Waals surface area contributed by atoms with Crippen LogP contribution in [-0.2, 0) is 19.1 Å². The fourth-order valence-electron chi connectivity index (χ4n) is 2.24. The molecule has 16 heavy (non-hydrogen) atoms. The number of ether oxygens (including phenoxy) is 2. The van der Waals surface area contributed by atoms with Crippen LogP contribution in [0.25, 0.3) is 0 Å². The number of fused-ring (bicyclic) bond motifs is 2. The number of aliphatic carboxylic acids is 1. The minimum atomic E-state index is -1.09. The van der Waals surface area contributed by atoms with Gasteiger partial charge in [0.2, 0.25) is 0 Å². The molecule has 2 fully saturated rings. The van der Waals surface area contributed by atoms with Crippen LogP contribution < -0.4 is 0 Å². The molecule has 0 aromatic rings. The Balaban J connectivity index is 2.02. The second-order valence-electron chi connectivity index (χ2n) is 3.90. The SMILES string of the molecule is O=C(CCl)OC1C2CC(C(=O)O)C(O2)C1O. The topological polar surface area (TPSA) is 93.1 Å². The summed E-state index contributed by atoms with van der Waals surface area (Å²) >= 11 is 5.27. The highest BCUT2D eigenvalue weighted by Gasteiger charge is 2.57. The van der Waals surface area contributed by atoms with E-state index in [1.165, 1.54) is 0 Å². The van der Waals surface area contributed by atoms with Crippen molar-refractivity contribution in [3.05, 3.63) is 0 Å². The van der Waals surface area contributed by atoms with Crippen LogP contribution in [0.5, 0.6) is 0 Å². The third-order valence-corrected chi connectivity index (χ3v) is 3.17. The molecule has 0 spiro atoms. The van der Waals surface area contributed by atoms with Gasteiger partial charge in [-0.05, 0) is 6.42 Å². The number of alkyl halides is 1. The highest BCUT2D eigenvalue weighted by molar-refractivity contribution is 6.26. The predicted molar refractivity (Wildman–Crippen MR) is 51.0 cm³/mol. The van der Waals surface area contributed by atoms with Gasteiger partial charge in [0.1, 0.15) is 18.1 Å². The van der Waals surface area contributed by atoms with Crippen molar-refractivity contribution >= 4 is 23.5 Å². The molecule has 2 aliphatic heterocycles. The Hall–Kier alpha value is -0.850. The molecule has 2 aliphatic rings. The molecule has 5 unspecified atom stereocenters. The molecule has 6 nitrogen and oxygen atoms in total. The van der Waals surface area contributed by atoms with Gasteiger partial charge in [-0.25, -0.2) is 0 Å². The Bertz CT molecular complexity index is 317. The van der Waals surface area contributed by atoms with Crippen LogP contribution in [0, 0.1) is 5.92 Å². The van der Waals surface area contributed by atoms with E-state index in [0.717, 1.165) is 0 Å². The minimum Gasteiger partial charge on any atom is -0.481 e. The van der Waals surface area contributed by atoms with Gasteiger partial charge in [0.25, 0.3) is 0 Å². The van der Waals surface area contributed by atoms with E-state index < -0.39 is 42.3 Å². The van der Waals surface area contributed by atoms with Gasteiger partial charge in [-0.3, -0.25) is 9.59 Å². The fraction of sp³-hybridized carbons (Fsp3) is 0.778. The lowest BCUT2D eigenvalue weighted by Crippen LogP contribution is -2.46. The third kappa shape index (κ3) is 1.77. The lowest BCUT2D eigenvalue weighted by atomic mass is 9.85. The van der Waals surface area contributed by atoms with Crippen LogP contribution in [0.4, 0.5) is 0 Å². The number of aliphatic hydroxyl groups excluding tert-OH is 1. The standard InChI is InChI=1S/C9H11ClO6/c10-2-5(11)16-8-4-1-3(9(13)14)7(15-4)6(8)12/h3-4,6-8,12H,1-2H2,(H,13,14). The predicted octanol–water partition coefficient (Wildman–Crippen LogP) is -0.630. The van der Waals surface area contributed by atoms with Crippen molar-refractivity contribution in [2.24, 2.45) is 5.92 Å². The molecule has 0 aliphatic carbocycles. The van der Waals surface area contributed by atoms with Gasteiger partial charge in [-0.2, -0.15) is 0 Å². The number of hydrogen-bond donors (Lipinski definition) is 2. The van der Waals surface area contributed by atoms with E-state index in [1.54, 1.807) is 0 Å². The van der Waals surface area contributed by atoms with Crippen LogP contribution >= 0.6 is 11.6 Å². The van der Waals surface area contributed by atoms with Crippen molar-refractivity contribution < 1.29 is 29.3 Å². The van der Waals surface area contributed by atoms with Crippen molar-refractivity contribution in [3.63, 3.8) is 0 Å². The molecule has 2 N–H and O–H groups in total. The number of hydrogen-bond acceptors (Lipinski definition) is 5. The quantitative estimate of drug-likeness (QED) is 0.512. The molecule has 5 atom stereocenters. The maximum atomic E-state index is 11.0. The van der Waals surface area contributed by atoms with Crippen molar-refractivity contribution in [1.29, 1.82) is 0 Å². The largest absolute Gasteiger partial charge is 0.481 e. The number of carboxylic acids is 1. The molecule has 90 valence electrons. The summed E-state index contributed by atoms with van der Waals surface area (Å²) in [6.07, 6.45) is -2.99. The molecule has 2 heterocycles. The average Bonchev–Trinajstić information content (AvgIpc) is 2.78. The Morgan fingerprint density at radius 3 is 2.69 bits per heavy atom. The monoisotopic (exact) mass is 250 g/mol. The summed E-state index contributed by atoms with van der Waals surface area (Å²) in [5, 5.41) is 18.6. The number of aliphatic hydroxyl groups is 1. The summed E-state index contributed by atoms with van der Waals surface area (Å²) in [5.74, 6) is -2.68. The first-order valence-corrected chi connectivity index (χ1v) is 5.40. The highest BCUT2D eigenvalue weighted by Crippen LogP contribution is 2.40. The van der Waals surface area contributed by atoms with Gasteiger partial charge in [0.15, 0.2) is 6.10 Å². The van der Waals surface area contributed by atoms with Crippen LogP contribution in [0.3, 0.4) is 0 Å². The summed E-state index contributed by atoms with van der Waals surface area (Å²) in [4.78, 5) is 21.8. The van der Waals surface area contributed by atoms with Gasteiger partial charge < -0.3 is 19.7 Å². The van der Waals surface area contributed by atoms with Crippen molar-refractivity contribution in [3.8, 4) is 0 Å². The fourth-order valence-corrected chi connectivity index (χ4v) is 2.31. The number of halogens is 1. The summed E-state index contributed by atoms with van der Waals surface area (Å²) in [5.41, 5.74) is 0. The number of rotatable bonds is 3. The zero-order chi connectivity index (χ0) is 11.9. The number of carbonyl (C=O) groups is 2. The van der Waals surface area contributed by atoms with Crippen molar-refractivity contribution in [2.45, 2.75) is 30.8 Å². The lowest BCUT2D eigenvalue weighted by molar-refractivity contribution is -0.155. The first-order valence-electron chi connectivity index (χ1n) is 4.86. The number of esters is 1. The Kier molecular flexibility index (Phi) is 3.05. The molecular formula is C9H11ClO6. The van der Waals surface area contributed by atoms with Gasteiger partial charge in [0, 0.05) is 0 Å². The zero-order valence-electron chi connectivity index (χ0n) is 8.21. The molecule has 2 saturated heterocycles. The maximum absolute atomic E-state index is 11.0. The maximum Gasteiger partial charge on any atom is 0.321 e. The van der Waals surface area contributed by atoms with E-state index in [0.29, 0.717) is 0 Å². The molecular weight excluding hydrogens is 240 g/mol.